The monoisotopic (exact) mass is 436 g/mol. The summed E-state index contributed by atoms with van der Waals surface area (Å²) in [6.45, 7) is 4.53. The van der Waals surface area contributed by atoms with E-state index >= 15 is 0 Å². The predicted octanol–water partition coefficient (Wildman–Crippen LogP) is 3.89. The number of hydrogen-bond acceptors (Lipinski definition) is 7. The van der Waals surface area contributed by atoms with Crippen LogP contribution in [0.1, 0.15) is 12.1 Å². The van der Waals surface area contributed by atoms with E-state index in [-0.39, 0.29) is 5.82 Å². The maximum atomic E-state index is 13.2. The number of benzene rings is 1. The number of nitrogens with zero attached hydrogens (tertiary/aromatic N) is 3. The van der Waals surface area contributed by atoms with Crippen molar-refractivity contribution in [3.63, 3.8) is 0 Å². The highest BCUT2D eigenvalue weighted by Crippen LogP contribution is 2.35. The van der Waals surface area contributed by atoms with E-state index in [4.69, 9.17) is 10.5 Å². The lowest BCUT2D eigenvalue weighted by molar-refractivity contribution is -0.141. The molecule has 0 spiro atoms. The van der Waals surface area contributed by atoms with Gasteiger partial charge >= 0.3 is 6.18 Å². The van der Waals surface area contributed by atoms with Crippen molar-refractivity contribution in [2.24, 2.45) is 0 Å². The number of fused-ring (bicyclic) bond motifs is 1. The molecule has 1 aromatic carbocycles. The van der Waals surface area contributed by atoms with Gasteiger partial charge in [0.15, 0.2) is 5.13 Å². The third-order valence-electron chi connectivity index (χ3n) is 4.85. The molecular weight excluding hydrogens is 415 g/mol. The number of morpholine rings is 1. The molecule has 3 N–H and O–H groups in total. The average molecular weight is 436 g/mol. The van der Waals surface area contributed by atoms with Gasteiger partial charge in [-0.1, -0.05) is 17.4 Å². The van der Waals surface area contributed by atoms with Gasteiger partial charge in [0.1, 0.15) is 11.5 Å². The maximum Gasteiger partial charge on any atom is 0.433 e. The number of alkyl halides is 3. The number of nitrogen functional groups attached to an aromatic ring is 1. The number of halogens is 3. The molecule has 3 heterocycles. The van der Waals surface area contributed by atoms with E-state index in [0.717, 1.165) is 36.8 Å². The first-order chi connectivity index (χ1) is 14.4. The van der Waals surface area contributed by atoms with E-state index in [0.29, 0.717) is 41.5 Å². The fraction of sp³-hybridized carbons (Fsp3) is 0.400. The minimum atomic E-state index is -4.51. The first kappa shape index (κ1) is 20.8. The summed E-state index contributed by atoms with van der Waals surface area (Å²) in [5, 5.41) is 3.51. The molecule has 30 heavy (non-hydrogen) atoms. The topological polar surface area (TPSA) is 76.3 Å². The summed E-state index contributed by atoms with van der Waals surface area (Å²) in [5.41, 5.74) is 6.57. The minimum absolute atomic E-state index is 0.186. The molecule has 0 atom stereocenters. The van der Waals surface area contributed by atoms with Crippen LogP contribution in [-0.4, -0.2) is 54.3 Å². The van der Waals surface area contributed by atoms with Crippen LogP contribution in [0.2, 0.25) is 0 Å². The van der Waals surface area contributed by atoms with Crippen LogP contribution in [0.25, 0.3) is 21.3 Å². The largest absolute Gasteiger partial charge is 0.433 e. The first-order valence-corrected chi connectivity index (χ1v) is 10.4. The molecule has 1 saturated heterocycles. The summed E-state index contributed by atoms with van der Waals surface area (Å²) in [5.74, 6) is 0.186. The van der Waals surface area contributed by atoms with Crippen molar-refractivity contribution in [2.75, 3.05) is 50.4 Å². The molecule has 0 unspecified atom stereocenters. The Morgan fingerprint density at radius 1 is 1.17 bits per heavy atom. The van der Waals surface area contributed by atoms with Crippen LogP contribution in [-0.2, 0) is 10.9 Å². The lowest BCUT2D eigenvalue weighted by atomic mass is 10.1. The number of thiazole rings is 1. The number of anilines is 2. The van der Waals surface area contributed by atoms with Crippen molar-refractivity contribution in [2.45, 2.75) is 12.6 Å². The number of hydrogen-bond donors (Lipinski definition) is 2. The molecular formula is C20H21F3N5OS. The summed E-state index contributed by atoms with van der Waals surface area (Å²) in [6.07, 6.45) is -3.73. The van der Waals surface area contributed by atoms with Gasteiger partial charge in [0.05, 0.1) is 23.4 Å². The fourth-order valence-electron chi connectivity index (χ4n) is 3.34. The summed E-state index contributed by atoms with van der Waals surface area (Å²) < 4.78 is 45.8. The van der Waals surface area contributed by atoms with Gasteiger partial charge in [0.25, 0.3) is 0 Å². The van der Waals surface area contributed by atoms with Gasteiger partial charge in [-0.3, -0.25) is 4.90 Å². The molecule has 4 rings (SSSR count). The van der Waals surface area contributed by atoms with E-state index in [1.54, 1.807) is 6.07 Å². The summed E-state index contributed by atoms with van der Waals surface area (Å²) in [7, 11) is 0. The van der Waals surface area contributed by atoms with E-state index in [9.17, 15) is 13.2 Å². The third-order valence-corrected chi connectivity index (χ3v) is 5.70. The van der Waals surface area contributed by atoms with Crippen LogP contribution in [0.4, 0.5) is 24.1 Å². The number of nitrogens with two attached hydrogens (primary N) is 1. The molecule has 159 valence electrons. The van der Waals surface area contributed by atoms with Gasteiger partial charge in [-0.2, -0.15) is 13.2 Å². The van der Waals surface area contributed by atoms with E-state index in [1.165, 1.54) is 17.4 Å². The second-order valence-corrected chi connectivity index (χ2v) is 8.02. The molecule has 6 nitrogen and oxygen atoms in total. The number of pyridine rings is 1. The van der Waals surface area contributed by atoms with Gasteiger partial charge in [0.2, 0.25) is 0 Å². The van der Waals surface area contributed by atoms with Crippen molar-refractivity contribution in [1.29, 1.82) is 0 Å². The molecule has 1 fully saturated rings. The number of rotatable bonds is 6. The summed E-state index contributed by atoms with van der Waals surface area (Å²) in [4.78, 5) is 10.4. The second kappa shape index (κ2) is 8.75. The molecule has 3 aromatic rings. The number of nitrogens with one attached hydrogen (secondary N) is 1. The Morgan fingerprint density at radius 3 is 2.73 bits per heavy atom. The Kier molecular flexibility index (Phi) is 6.07. The SMILES string of the molecule is Nc1nc2[c]c(-c3ccc(C(F)(F)F)nc3NCCCN3CCOCC3)ccc2s1. The Hall–Kier alpha value is -2.43. The lowest BCUT2D eigenvalue weighted by Gasteiger charge is -2.26. The van der Waals surface area contributed by atoms with Crippen molar-refractivity contribution < 1.29 is 17.9 Å². The molecule has 1 radical (unpaired) electrons. The second-order valence-electron chi connectivity index (χ2n) is 6.96. The molecule has 0 amide bonds. The predicted molar refractivity (Wildman–Crippen MR) is 111 cm³/mol. The normalized spacial score (nSPS) is 15.6. The Balaban J connectivity index is 1.55. The van der Waals surface area contributed by atoms with Crippen molar-refractivity contribution >= 4 is 32.5 Å². The maximum absolute atomic E-state index is 13.2. The smallest absolute Gasteiger partial charge is 0.379 e. The summed E-state index contributed by atoms with van der Waals surface area (Å²) in [6, 6.07) is 9.19. The van der Waals surface area contributed by atoms with Crippen LogP contribution in [0.15, 0.2) is 24.3 Å². The van der Waals surface area contributed by atoms with E-state index < -0.39 is 11.9 Å². The molecule has 2 aromatic heterocycles. The zero-order valence-electron chi connectivity index (χ0n) is 16.1. The Labute approximate surface area is 175 Å². The van der Waals surface area contributed by atoms with Crippen molar-refractivity contribution in [3.8, 4) is 11.1 Å². The van der Waals surface area contributed by atoms with E-state index in [1.807, 2.05) is 6.07 Å². The van der Waals surface area contributed by atoms with E-state index in [2.05, 4.69) is 26.3 Å². The zero-order chi connectivity index (χ0) is 21.1. The number of ether oxygens (including phenoxy) is 1. The fourth-order valence-corrected chi connectivity index (χ4v) is 4.03. The standard InChI is InChI=1S/C20H21F3N5OS/c21-20(22,23)17-5-3-14(13-2-4-16-15(12-13)26-19(24)30-16)18(27-17)25-6-1-7-28-8-10-29-11-9-28/h2-5H,1,6-11H2,(H2,24,26)(H,25,27). The Bertz CT molecular complexity index is 1020. The van der Waals surface area contributed by atoms with Gasteiger partial charge < -0.3 is 15.8 Å². The van der Waals surface area contributed by atoms with Crippen molar-refractivity contribution in [3.05, 3.63) is 36.0 Å². The molecule has 0 aliphatic carbocycles. The quantitative estimate of drug-likeness (QED) is 0.571. The highest BCUT2D eigenvalue weighted by molar-refractivity contribution is 7.22. The van der Waals surface area contributed by atoms with Crippen LogP contribution >= 0.6 is 11.3 Å². The molecule has 0 bridgehead atoms. The van der Waals surface area contributed by atoms with Gasteiger partial charge in [-0.05, 0) is 36.7 Å². The van der Waals surface area contributed by atoms with Crippen molar-refractivity contribution in [1.82, 2.24) is 14.9 Å². The van der Waals surface area contributed by atoms with Crippen LogP contribution in [0.3, 0.4) is 0 Å². The highest BCUT2D eigenvalue weighted by Gasteiger charge is 2.33. The van der Waals surface area contributed by atoms with Gasteiger partial charge in [0, 0.05) is 31.3 Å². The van der Waals surface area contributed by atoms with Crippen LogP contribution in [0, 0.1) is 6.07 Å². The molecule has 1 aliphatic heterocycles. The molecule has 0 saturated carbocycles. The van der Waals surface area contributed by atoms with Gasteiger partial charge in [-0.25, -0.2) is 9.97 Å². The highest BCUT2D eigenvalue weighted by atomic mass is 32.1. The first-order valence-electron chi connectivity index (χ1n) is 9.61. The average Bonchev–Trinajstić information content (AvgIpc) is 3.10. The molecule has 10 heteroatoms. The third kappa shape index (κ3) is 4.82. The Morgan fingerprint density at radius 2 is 1.97 bits per heavy atom. The summed E-state index contributed by atoms with van der Waals surface area (Å²) >= 11 is 1.34. The van der Waals surface area contributed by atoms with Crippen LogP contribution in [0.5, 0.6) is 0 Å². The van der Waals surface area contributed by atoms with Gasteiger partial charge in [-0.15, -0.1) is 0 Å². The lowest BCUT2D eigenvalue weighted by Crippen LogP contribution is -2.37. The minimum Gasteiger partial charge on any atom is -0.379 e. The number of aromatic nitrogens is 2. The molecule has 1 aliphatic rings. The zero-order valence-corrected chi connectivity index (χ0v) is 16.9. The van der Waals surface area contributed by atoms with Crippen LogP contribution < -0.4 is 11.1 Å².